The summed E-state index contributed by atoms with van der Waals surface area (Å²) >= 11 is 0. The Hall–Kier alpha value is -3.94. The van der Waals surface area contributed by atoms with Gasteiger partial charge in [0.25, 0.3) is 5.91 Å². The van der Waals surface area contributed by atoms with Crippen molar-refractivity contribution in [2.45, 2.75) is 62.0 Å². The lowest BCUT2D eigenvalue weighted by Gasteiger charge is -2.37. The van der Waals surface area contributed by atoms with E-state index in [2.05, 4.69) is 25.6 Å². The number of carbonyl (C=O) groups is 2. The fourth-order valence-electron chi connectivity index (χ4n) is 5.99. The van der Waals surface area contributed by atoms with Gasteiger partial charge in [-0.1, -0.05) is 6.07 Å². The van der Waals surface area contributed by atoms with Gasteiger partial charge >= 0.3 is 6.18 Å². The third-order valence-electron chi connectivity index (χ3n) is 8.29. The molecule has 1 aromatic carbocycles. The first-order chi connectivity index (χ1) is 21.1. The first kappa shape index (κ1) is 31.5. The Kier molecular flexibility index (Phi) is 9.56. The van der Waals surface area contributed by atoms with E-state index in [9.17, 15) is 27.9 Å². The Balaban J connectivity index is 1.13. The summed E-state index contributed by atoms with van der Waals surface area (Å²) in [5, 5.41) is 17.5. The number of carbonyl (C=O) groups excluding carboxylic acids is 2. The molecule has 0 bridgehead atoms. The molecule has 1 saturated heterocycles. The predicted molar refractivity (Wildman–Crippen MR) is 154 cm³/mol. The zero-order valence-electron chi connectivity index (χ0n) is 24.3. The molecule has 2 unspecified atom stereocenters. The number of ether oxygens (including phenoxy) is 1. The van der Waals surface area contributed by atoms with Gasteiger partial charge in [0.2, 0.25) is 5.91 Å². The molecular formula is C31H35F3N6O4. The maximum Gasteiger partial charge on any atom is 0.416 e. The van der Waals surface area contributed by atoms with Gasteiger partial charge in [-0.3, -0.25) is 14.6 Å². The number of rotatable bonds is 9. The molecule has 3 N–H and O–H groups in total. The fraction of sp³-hybridized carbons (Fsp3) is 0.452. The summed E-state index contributed by atoms with van der Waals surface area (Å²) in [6, 6.07) is 9.41. The second-order valence-electron chi connectivity index (χ2n) is 11.3. The molecule has 3 heterocycles. The molecule has 2 fully saturated rings. The van der Waals surface area contributed by atoms with Crippen LogP contribution in [0, 0.1) is 0 Å². The highest BCUT2D eigenvalue weighted by molar-refractivity contribution is 5.96. The zero-order valence-corrected chi connectivity index (χ0v) is 24.3. The van der Waals surface area contributed by atoms with Gasteiger partial charge in [0.05, 0.1) is 30.5 Å². The van der Waals surface area contributed by atoms with Crippen molar-refractivity contribution < 1.29 is 32.6 Å². The molecular weight excluding hydrogens is 577 g/mol. The predicted octanol–water partition coefficient (Wildman–Crippen LogP) is 3.32. The van der Waals surface area contributed by atoms with Crippen molar-refractivity contribution in [3.05, 3.63) is 77.9 Å². The molecule has 2 aliphatic rings. The van der Waals surface area contributed by atoms with Crippen molar-refractivity contribution >= 4 is 11.8 Å². The van der Waals surface area contributed by atoms with E-state index >= 15 is 0 Å². The Labute approximate surface area is 253 Å². The highest BCUT2D eigenvalue weighted by Gasteiger charge is 2.40. The van der Waals surface area contributed by atoms with Crippen LogP contribution in [0.2, 0.25) is 0 Å². The van der Waals surface area contributed by atoms with E-state index < -0.39 is 23.2 Å². The topological polar surface area (TPSA) is 130 Å². The second-order valence-corrected chi connectivity index (χ2v) is 11.3. The van der Waals surface area contributed by atoms with Crippen molar-refractivity contribution in [3.8, 4) is 11.4 Å². The van der Waals surface area contributed by atoms with Gasteiger partial charge in [-0.2, -0.15) is 13.2 Å². The highest BCUT2D eigenvalue weighted by Crippen LogP contribution is 2.37. The Morgan fingerprint density at radius 1 is 1.07 bits per heavy atom. The van der Waals surface area contributed by atoms with Crippen LogP contribution < -0.4 is 10.6 Å². The van der Waals surface area contributed by atoms with Crippen LogP contribution in [0.3, 0.4) is 0 Å². The van der Waals surface area contributed by atoms with Crippen LogP contribution in [0.1, 0.15) is 53.7 Å². The van der Waals surface area contributed by atoms with Crippen LogP contribution >= 0.6 is 0 Å². The number of aromatic nitrogens is 3. The van der Waals surface area contributed by atoms with Crippen molar-refractivity contribution in [2.75, 3.05) is 26.8 Å². The summed E-state index contributed by atoms with van der Waals surface area (Å²) < 4.78 is 44.4. The minimum absolute atomic E-state index is 0.0160. The van der Waals surface area contributed by atoms with Gasteiger partial charge in [-0.15, -0.1) is 0 Å². The molecule has 234 valence electrons. The number of hydrogen-bond acceptors (Lipinski definition) is 8. The summed E-state index contributed by atoms with van der Waals surface area (Å²) in [5.41, 5.74) is -0.758. The quantitative estimate of drug-likeness (QED) is 0.336. The molecule has 3 aromatic rings. The number of likely N-dealkylation sites (tertiary alicyclic amines) is 1. The van der Waals surface area contributed by atoms with Gasteiger partial charge < -0.3 is 25.4 Å². The van der Waals surface area contributed by atoms with E-state index in [1.807, 2.05) is 12.1 Å². The Bertz CT molecular complexity index is 1430. The van der Waals surface area contributed by atoms with Crippen LogP contribution in [-0.2, 0) is 21.3 Å². The monoisotopic (exact) mass is 612 g/mol. The average Bonchev–Trinajstić information content (AvgIpc) is 3.43. The molecule has 0 spiro atoms. The van der Waals surface area contributed by atoms with Gasteiger partial charge in [-0.05, 0) is 68.5 Å². The number of alkyl halides is 3. The minimum Gasteiger partial charge on any atom is -0.384 e. The highest BCUT2D eigenvalue weighted by atomic mass is 19.4. The lowest BCUT2D eigenvalue weighted by Crippen LogP contribution is -2.47. The Morgan fingerprint density at radius 2 is 1.82 bits per heavy atom. The van der Waals surface area contributed by atoms with E-state index in [0.29, 0.717) is 56.8 Å². The largest absolute Gasteiger partial charge is 0.416 e. The molecule has 10 nitrogen and oxygen atoms in total. The SMILES string of the molecule is COCC1CC(NC2CCC(O)(c3ccc(-c4ncccn4)cn3)CC2)CN1C(=O)CNC(=O)c1cccc(C(F)(F)F)c1. The summed E-state index contributed by atoms with van der Waals surface area (Å²) in [5.74, 6) is -0.528. The molecule has 5 rings (SSSR count). The first-order valence-electron chi connectivity index (χ1n) is 14.5. The van der Waals surface area contributed by atoms with Crippen LogP contribution in [0.5, 0.6) is 0 Å². The summed E-state index contributed by atoms with van der Waals surface area (Å²) in [6.07, 6.45) is 3.56. The number of benzene rings is 1. The molecule has 0 radical (unpaired) electrons. The summed E-state index contributed by atoms with van der Waals surface area (Å²) in [7, 11) is 1.55. The number of nitrogens with one attached hydrogen (secondary N) is 2. The minimum atomic E-state index is -4.57. The van der Waals surface area contributed by atoms with Gasteiger partial charge in [0, 0.05) is 55.5 Å². The van der Waals surface area contributed by atoms with Crippen molar-refractivity contribution in [2.24, 2.45) is 0 Å². The van der Waals surface area contributed by atoms with Gasteiger partial charge in [0.1, 0.15) is 5.60 Å². The molecule has 1 aliphatic carbocycles. The number of pyridine rings is 1. The second kappa shape index (κ2) is 13.4. The lowest BCUT2D eigenvalue weighted by atomic mass is 9.79. The first-order valence-corrected chi connectivity index (χ1v) is 14.5. The summed E-state index contributed by atoms with van der Waals surface area (Å²) in [6.45, 7) is 0.365. The maximum absolute atomic E-state index is 13.1. The van der Waals surface area contributed by atoms with Gasteiger partial charge in [0.15, 0.2) is 5.82 Å². The van der Waals surface area contributed by atoms with Crippen molar-refractivity contribution in [1.29, 1.82) is 0 Å². The van der Waals surface area contributed by atoms with Crippen LogP contribution in [0.4, 0.5) is 13.2 Å². The van der Waals surface area contributed by atoms with E-state index in [0.717, 1.165) is 23.8 Å². The van der Waals surface area contributed by atoms with Crippen LogP contribution in [-0.4, -0.2) is 81.7 Å². The fourth-order valence-corrected chi connectivity index (χ4v) is 5.99. The molecule has 2 atom stereocenters. The zero-order chi connectivity index (χ0) is 31.3. The molecule has 1 saturated carbocycles. The van der Waals surface area contributed by atoms with E-state index in [4.69, 9.17) is 4.74 Å². The molecule has 2 aromatic heterocycles. The van der Waals surface area contributed by atoms with Crippen LogP contribution in [0.25, 0.3) is 11.4 Å². The van der Waals surface area contributed by atoms with Crippen molar-refractivity contribution in [1.82, 2.24) is 30.5 Å². The number of methoxy groups -OCH3 is 1. The number of amides is 2. The maximum atomic E-state index is 13.1. The number of halogens is 3. The number of aliphatic hydroxyl groups is 1. The molecule has 1 aliphatic heterocycles. The summed E-state index contributed by atoms with van der Waals surface area (Å²) in [4.78, 5) is 40.2. The average molecular weight is 613 g/mol. The number of hydrogen-bond donors (Lipinski definition) is 3. The van der Waals surface area contributed by atoms with Gasteiger partial charge in [-0.25, -0.2) is 9.97 Å². The Morgan fingerprint density at radius 3 is 2.48 bits per heavy atom. The lowest BCUT2D eigenvalue weighted by molar-refractivity contribution is -0.137. The van der Waals surface area contributed by atoms with Crippen LogP contribution in [0.15, 0.2) is 61.1 Å². The van der Waals surface area contributed by atoms with E-state index in [1.54, 1.807) is 36.7 Å². The smallest absolute Gasteiger partial charge is 0.384 e. The standard InChI is InChI=1S/C31H35F3N6O4/c1-44-19-25-15-24(18-40(25)27(41)17-38-29(42)20-4-2-5-22(14-20)31(32,33)34)39-23-8-10-30(43,11-9-23)26-7-6-21(16-37-26)28-35-12-3-13-36-28/h2-7,12-14,16,23-25,39,43H,8-11,15,17-19H2,1H3,(H,38,42). The number of nitrogens with zero attached hydrogens (tertiary/aromatic N) is 4. The molecule has 2 amide bonds. The third-order valence-corrected chi connectivity index (χ3v) is 8.29. The third kappa shape index (κ3) is 7.40. The van der Waals surface area contributed by atoms with Crippen molar-refractivity contribution in [3.63, 3.8) is 0 Å². The molecule has 13 heteroatoms. The van der Waals surface area contributed by atoms with E-state index in [1.165, 1.54) is 6.07 Å². The van der Waals surface area contributed by atoms with E-state index in [-0.39, 0.29) is 36.1 Å². The molecule has 44 heavy (non-hydrogen) atoms. The normalized spacial score (nSPS) is 23.8.